The van der Waals surface area contributed by atoms with Gasteiger partial charge in [-0.2, -0.15) is 13.2 Å². The molecule has 11 heteroatoms. The van der Waals surface area contributed by atoms with Crippen LogP contribution in [0, 0.1) is 0 Å². The molecule has 0 aliphatic heterocycles. The van der Waals surface area contributed by atoms with Gasteiger partial charge in [-0.15, -0.1) is 0 Å². The third-order valence-corrected chi connectivity index (χ3v) is 3.83. The zero-order chi connectivity index (χ0) is 16.4. The molecule has 5 N–H and O–H groups in total. The first-order valence-electron chi connectivity index (χ1n) is 5.32. The number of aromatic carboxylic acids is 1. The van der Waals surface area contributed by atoms with Crippen LogP contribution in [0.4, 0.5) is 18.9 Å². The smallest absolute Gasteiger partial charge is 0.415 e. The average molecular weight is 328 g/mol. The number of alkyl halides is 3. The molecule has 0 heterocycles. The third kappa shape index (κ3) is 4.31. The first-order chi connectivity index (χ1) is 9.45. The summed E-state index contributed by atoms with van der Waals surface area (Å²) in [5, 5.41) is 17.6. The first kappa shape index (κ1) is 17.2. The summed E-state index contributed by atoms with van der Waals surface area (Å²) in [5.41, 5.74) is 4.59. The molecule has 1 atom stereocenters. The number of carbonyl (C=O) groups is 1. The quantitative estimate of drug-likeness (QED) is 0.570. The summed E-state index contributed by atoms with van der Waals surface area (Å²) in [7, 11) is -4.58. The van der Waals surface area contributed by atoms with Gasteiger partial charge in [-0.3, -0.25) is 0 Å². The van der Waals surface area contributed by atoms with Crippen LogP contribution in [0.15, 0.2) is 23.1 Å². The SMILES string of the molecule is Nc1ccc(C(=O)O)c(S(=O)(=O)NCC(O)C(F)(F)F)c1. The highest BCUT2D eigenvalue weighted by molar-refractivity contribution is 7.89. The maximum atomic E-state index is 12.1. The second kappa shape index (κ2) is 5.87. The van der Waals surface area contributed by atoms with Gasteiger partial charge in [-0.1, -0.05) is 0 Å². The monoisotopic (exact) mass is 328 g/mol. The maximum absolute atomic E-state index is 12.1. The molecule has 0 spiro atoms. The molecule has 118 valence electrons. The minimum Gasteiger partial charge on any atom is -0.478 e. The van der Waals surface area contributed by atoms with E-state index in [0.29, 0.717) is 0 Å². The average Bonchev–Trinajstić information content (AvgIpc) is 2.34. The normalized spacial score (nSPS) is 13.9. The molecule has 0 saturated carbocycles. The minimum absolute atomic E-state index is 0.0863. The van der Waals surface area contributed by atoms with Crippen LogP contribution in [0.1, 0.15) is 10.4 Å². The Morgan fingerprint density at radius 1 is 1.38 bits per heavy atom. The number of carboxylic acid groups (broad SMARTS) is 1. The van der Waals surface area contributed by atoms with Gasteiger partial charge in [0.05, 0.1) is 10.5 Å². The van der Waals surface area contributed by atoms with E-state index in [1.54, 1.807) is 0 Å². The molecule has 0 amide bonds. The van der Waals surface area contributed by atoms with E-state index in [4.69, 9.17) is 15.9 Å². The molecule has 0 fully saturated rings. The van der Waals surface area contributed by atoms with Crippen LogP contribution in [0.25, 0.3) is 0 Å². The van der Waals surface area contributed by atoms with Crippen molar-refractivity contribution in [3.05, 3.63) is 23.8 Å². The number of anilines is 1. The fraction of sp³-hybridized carbons (Fsp3) is 0.300. The summed E-state index contributed by atoms with van der Waals surface area (Å²) in [4.78, 5) is 10.1. The Morgan fingerprint density at radius 3 is 2.43 bits per heavy atom. The Bertz CT molecular complexity index is 645. The Balaban J connectivity index is 3.09. The lowest BCUT2D eigenvalue weighted by atomic mass is 10.2. The lowest BCUT2D eigenvalue weighted by Gasteiger charge is -2.16. The van der Waals surface area contributed by atoms with E-state index < -0.39 is 45.3 Å². The molecule has 0 bridgehead atoms. The van der Waals surface area contributed by atoms with E-state index in [9.17, 15) is 26.4 Å². The predicted molar refractivity (Wildman–Crippen MR) is 65.1 cm³/mol. The fourth-order valence-corrected chi connectivity index (χ4v) is 2.59. The van der Waals surface area contributed by atoms with Crippen molar-refractivity contribution in [1.82, 2.24) is 4.72 Å². The van der Waals surface area contributed by atoms with Gasteiger partial charge in [0, 0.05) is 12.2 Å². The van der Waals surface area contributed by atoms with Gasteiger partial charge in [0.25, 0.3) is 0 Å². The van der Waals surface area contributed by atoms with Gasteiger partial charge in [-0.25, -0.2) is 17.9 Å². The predicted octanol–water partition coefficient (Wildman–Crippen LogP) is 0.169. The van der Waals surface area contributed by atoms with Gasteiger partial charge < -0.3 is 15.9 Å². The van der Waals surface area contributed by atoms with Crippen LogP contribution < -0.4 is 10.5 Å². The molecule has 21 heavy (non-hydrogen) atoms. The van der Waals surface area contributed by atoms with E-state index in [0.717, 1.165) is 18.2 Å². The van der Waals surface area contributed by atoms with Gasteiger partial charge in [-0.05, 0) is 18.2 Å². The summed E-state index contributed by atoms with van der Waals surface area (Å²) < 4.78 is 61.5. The van der Waals surface area contributed by atoms with Gasteiger partial charge >= 0.3 is 12.1 Å². The van der Waals surface area contributed by atoms with Crippen LogP contribution in [0.5, 0.6) is 0 Å². The number of rotatable bonds is 5. The second-order valence-corrected chi connectivity index (χ2v) is 5.71. The number of nitrogens with one attached hydrogen (secondary N) is 1. The van der Waals surface area contributed by atoms with Crippen LogP contribution in [0.3, 0.4) is 0 Å². The number of nitrogens with two attached hydrogens (primary N) is 1. The van der Waals surface area contributed by atoms with Crippen molar-refractivity contribution in [2.24, 2.45) is 0 Å². The van der Waals surface area contributed by atoms with E-state index in [1.807, 2.05) is 0 Å². The summed E-state index contributed by atoms with van der Waals surface area (Å²) in [6, 6.07) is 2.84. The van der Waals surface area contributed by atoms with Crippen molar-refractivity contribution in [3.8, 4) is 0 Å². The molecule has 0 aliphatic rings. The number of aliphatic hydroxyl groups is 1. The number of hydrogen-bond acceptors (Lipinski definition) is 5. The van der Waals surface area contributed by atoms with Crippen LogP contribution in [-0.4, -0.2) is 43.4 Å². The van der Waals surface area contributed by atoms with Crippen molar-refractivity contribution >= 4 is 21.7 Å². The molecule has 0 radical (unpaired) electrons. The van der Waals surface area contributed by atoms with E-state index in [-0.39, 0.29) is 5.69 Å². The molecule has 0 aliphatic carbocycles. The Kier molecular flexibility index (Phi) is 4.81. The molecular weight excluding hydrogens is 317 g/mol. The zero-order valence-corrected chi connectivity index (χ0v) is 11.1. The number of hydrogen-bond donors (Lipinski definition) is 4. The molecule has 1 rings (SSSR count). The Hall–Kier alpha value is -1.85. The summed E-state index contributed by atoms with van der Waals surface area (Å²) in [6.07, 6.45) is -7.92. The Morgan fingerprint density at radius 2 is 1.95 bits per heavy atom. The lowest BCUT2D eigenvalue weighted by molar-refractivity contribution is -0.200. The standard InChI is InChI=1S/C10H11F3N2O5S/c11-10(12,13)8(16)4-15-21(19,20)7-3-5(14)1-2-6(7)9(17)18/h1-3,8,15-16H,4,14H2,(H,17,18). The van der Waals surface area contributed by atoms with E-state index >= 15 is 0 Å². The molecule has 1 aromatic carbocycles. The first-order valence-corrected chi connectivity index (χ1v) is 6.80. The molecule has 0 saturated heterocycles. The summed E-state index contributed by atoms with van der Waals surface area (Å²) >= 11 is 0. The highest BCUT2D eigenvalue weighted by Crippen LogP contribution is 2.22. The fourth-order valence-electron chi connectivity index (χ4n) is 1.32. The molecule has 0 aromatic heterocycles. The highest BCUT2D eigenvalue weighted by Gasteiger charge is 2.39. The largest absolute Gasteiger partial charge is 0.478 e. The maximum Gasteiger partial charge on any atom is 0.415 e. The third-order valence-electron chi connectivity index (χ3n) is 2.37. The van der Waals surface area contributed by atoms with Gasteiger partial charge in [0.15, 0.2) is 6.10 Å². The summed E-state index contributed by atoms with van der Waals surface area (Å²) in [5.74, 6) is -1.59. The van der Waals surface area contributed by atoms with Crippen molar-refractivity contribution < 1.29 is 36.6 Å². The molecule has 7 nitrogen and oxygen atoms in total. The van der Waals surface area contributed by atoms with Crippen LogP contribution >= 0.6 is 0 Å². The lowest BCUT2D eigenvalue weighted by Crippen LogP contribution is -2.40. The second-order valence-electron chi connectivity index (χ2n) is 3.97. The minimum atomic E-state index is -5.01. The van der Waals surface area contributed by atoms with E-state index in [1.165, 1.54) is 4.72 Å². The number of benzene rings is 1. The van der Waals surface area contributed by atoms with Crippen molar-refractivity contribution in [2.45, 2.75) is 17.2 Å². The van der Waals surface area contributed by atoms with Gasteiger partial charge in [0.2, 0.25) is 10.0 Å². The van der Waals surface area contributed by atoms with Crippen LogP contribution in [-0.2, 0) is 10.0 Å². The van der Waals surface area contributed by atoms with Gasteiger partial charge in [0.1, 0.15) is 0 Å². The number of carboxylic acids is 1. The van der Waals surface area contributed by atoms with Crippen molar-refractivity contribution in [2.75, 3.05) is 12.3 Å². The van der Waals surface area contributed by atoms with Crippen LogP contribution in [0.2, 0.25) is 0 Å². The molecule has 1 unspecified atom stereocenters. The topological polar surface area (TPSA) is 130 Å². The number of halogens is 3. The highest BCUT2D eigenvalue weighted by atomic mass is 32.2. The molecule has 1 aromatic rings. The number of nitrogen functional groups attached to an aromatic ring is 1. The summed E-state index contributed by atoms with van der Waals surface area (Å²) in [6.45, 7) is -1.35. The van der Waals surface area contributed by atoms with Crippen molar-refractivity contribution in [1.29, 1.82) is 0 Å². The van der Waals surface area contributed by atoms with Crippen molar-refractivity contribution in [3.63, 3.8) is 0 Å². The molecular formula is C10H11F3N2O5S. The van der Waals surface area contributed by atoms with E-state index in [2.05, 4.69) is 0 Å². The number of sulfonamides is 1. The Labute approximate surface area is 117 Å². The zero-order valence-electron chi connectivity index (χ0n) is 10.3. The number of aliphatic hydroxyl groups excluding tert-OH is 1.